The standard InChI is InChI=1S/C21H31N5O2/c1-16(2)19-13-20(26(24-19)18-7-5-4-6-8-18)23-21(27)22-14-17-9-10-25(15-17)11-12-28-3/h4-8,13,16-17H,9-12,14-15H2,1-3H3,(H2,22,23,27)/t17-/m1/s1. The molecule has 2 amide bonds. The van der Waals surface area contributed by atoms with E-state index < -0.39 is 0 Å². The summed E-state index contributed by atoms with van der Waals surface area (Å²) >= 11 is 0. The van der Waals surface area contributed by atoms with Crippen molar-refractivity contribution < 1.29 is 9.53 Å². The summed E-state index contributed by atoms with van der Waals surface area (Å²) in [6, 6.07) is 11.6. The number of methoxy groups -OCH3 is 1. The van der Waals surface area contributed by atoms with Gasteiger partial charge in [-0.2, -0.15) is 5.10 Å². The molecule has 0 radical (unpaired) electrons. The predicted molar refractivity (Wildman–Crippen MR) is 111 cm³/mol. The second-order valence-corrected chi connectivity index (χ2v) is 7.64. The summed E-state index contributed by atoms with van der Waals surface area (Å²) in [6.45, 7) is 8.63. The molecule has 1 atom stereocenters. The van der Waals surface area contributed by atoms with Crippen LogP contribution >= 0.6 is 0 Å². The van der Waals surface area contributed by atoms with Crippen LogP contribution in [0.2, 0.25) is 0 Å². The number of likely N-dealkylation sites (tertiary alicyclic amines) is 1. The second-order valence-electron chi connectivity index (χ2n) is 7.64. The molecule has 1 aromatic carbocycles. The number of amides is 2. The molecule has 1 saturated heterocycles. The van der Waals surface area contributed by atoms with Gasteiger partial charge in [0.25, 0.3) is 0 Å². The van der Waals surface area contributed by atoms with Gasteiger partial charge in [0, 0.05) is 32.8 Å². The van der Waals surface area contributed by atoms with Crippen molar-refractivity contribution in [2.75, 3.05) is 45.2 Å². The number of hydrogen-bond donors (Lipinski definition) is 2. The van der Waals surface area contributed by atoms with Crippen LogP contribution in [0.3, 0.4) is 0 Å². The summed E-state index contributed by atoms with van der Waals surface area (Å²) in [6.07, 6.45) is 1.10. The van der Waals surface area contributed by atoms with Gasteiger partial charge < -0.3 is 15.0 Å². The second kappa shape index (κ2) is 9.71. The number of benzene rings is 1. The third-order valence-corrected chi connectivity index (χ3v) is 5.10. The smallest absolute Gasteiger partial charge is 0.320 e. The fourth-order valence-electron chi connectivity index (χ4n) is 3.44. The Bertz CT molecular complexity index is 759. The monoisotopic (exact) mass is 385 g/mol. The summed E-state index contributed by atoms with van der Waals surface area (Å²) in [4.78, 5) is 14.9. The lowest BCUT2D eigenvalue weighted by Crippen LogP contribution is -2.35. The summed E-state index contributed by atoms with van der Waals surface area (Å²) in [7, 11) is 1.73. The van der Waals surface area contributed by atoms with Gasteiger partial charge in [-0.3, -0.25) is 5.32 Å². The van der Waals surface area contributed by atoms with Crippen LogP contribution in [0.15, 0.2) is 36.4 Å². The van der Waals surface area contributed by atoms with Crippen LogP contribution in [-0.2, 0) is 4.74 Å². The number of nitrogens with one attached hydrogen (secondary N) is 2. The lowest BCUT2D eigenvalue weighted by Gasteiger charge is -2.16. The molecule has 0 bridgehead atoms. The zero-order chi connectivity index (χ0) is 19.9. The van der Waals surface area contributed by atoms with Gasteiger partial charge in [0.2, 0.25) is 0 Å². The molecule has 7 nitrogen and oxygen atoms in total. The van der Waals surface area contributed by atoms with Gasteiger partial charge in [-0.05, 0) is 36.9 Å². The van der Waals surface area contributed by atoms with E-state index in [-0.39, 0.29) is 11.9 Å². The first-order chi connectivity index (χ1) is 13.6. The SMILES string of the molecule is COCCN1CC[C@H](CNC(=O)Nc2cc(C(C)C)nn2-c2ccccc2)C1. The molecule has 7 heteroatoms. The molecular formula is C21H31N5O2. The highest BCUT2D eigenvalue weighted by Crippen LogP contribution is 2.22. The molecule has 0 aliphatic carbocycles. The summed E-state index contributed by atoms with van der Waals surface area (Å²) in [5.74, 6) is 1.44. The predicted octanol–water partition coefficient (Wildman–Crippen LogP) is 3.09. The average Bonchev–Trinajstić information content (AvgIpc) is 3.32. The molecule has 1 fully saturated rings. The molecule has 152 valence electrons. The lowest BCUT2D eigenvalue weighted by molar-refractivity contribution is 0.159. The third-order valence-electron chi connectivity index (χ3n) is 5.10. The van der Waals surface area contributed by atoms with Gasteiger partial charge in [-0.1, -0.05) is 32.0 Å². The number of carbonyl (C=O) groups is 1. The Morgan fingerprint density at radius 3 is 2.82 bits per heavy atom. The molecule has 0 spiro atoms. The van der Waals surface area contributed by atoms with E-state index in [4.69, 9.17) is 4.74 Å². The maximum atomic E-state index is 12.5. The van der Waals surface area contributed by atoms with Gasteiger partial charge in [0.1, 0.15) is 5.82 Å². The molecule has 1 aromatic heterocycles. The molecule has 28 heavy (non-hydrogen) atoms. The minimum Gasteiger partial charge on any atom is -0.383 e. The van der Waals surface area contributed by atoms with Crippen LogP contribution < -0.4 is 10.6 Å². The number of nitrogens with zero attached hydrogens (tertiary/aromatic N) is 3. The topological polar surface area (TPSA) is 71.4 Å². The molecule has 2 aromatic rings. The van der Waals surface area contributed by atoms with Gasteiger partial charge in [-0.25, -0.2) is 9.48 Å². The van der Waals surface area contributed by atoms with E-state index in [2.05, 4.69) is 34.5 Å². The Labute approximate surface area is 167 Å². The first-order valence-corrected chi connectivity index (χ1v) is 9.98. The van der Waals surface area contributed by atoms with Crippen LogP contribution in [-0.4, -0.2) is 60.6 Å². The largest absolute Gasteiger partial charge is 0.383 e. The molecule has 1 aliphatic heterocycles. The number of hydrogen-bond acceptors (Lipinski definition) is 4. The third kappa shape index (κ3) is 5.33. The zero-order valence-electron chi connectivity index (χ0n) is 17.0. The highest BCUT2D eigenvalue weighted by molar-refractivity contribution is 5.88. The highest BCUT2D eigenvalue weighted by atomic mass is 16.5. The van der Waals surface area contributed by atoms with Crippen molar-refractivity contribution in [1.29, 1.82) is 0 Å². The van der Waals surface area contributed by atoms with Gasteiger partial charge in [-0.15, -0.1) is 0 Å². The molecule has 1 aliphatic rings. The van der Waals surface area contributed by atoms with Crippen molar-refractivity contribution >= 4 is 11.8 Å². The first-order valence-electron chi connectivity index (χ1n) is 9.98. The number of aromatic nitrogens is 2. The maximum absolute atomic E-state index is 12.5. The fraction of sp³-hybridized carbons (Fsp3) is 0.524. The number of rotatable bonds is 8. The van der Waals surface area contributed by atoms with Gasteiger partial charge in [0.15, 0.2) is 0 Å². The molecule has 0 saturated carbocycles. The van der Waals surface area contributed by atoms with Crippen molar-refractivity contribution in [3.8, 4) is 5.69 Å². The average molecular weight is 386 g/mol. The van der Waals surface area contributed by atoms with Crippen LogP contribution in [0.4, 0.5) is 10.6 Å². The molecule has 2 N–H and O–H groups in total. The van der Waals surface area contributed by atoms with Gasteiger partial charge in [0.05, 0.1) is 18.0 Å². The van der Waals surface area contributed by atoms with Crippen molar-refractivity contribution in [3.05, 3.63) is 42.1 Å². The van der Waals surface area contributed by atoms with E-state index in [1.54, 1.807) is 11.8 Å². The fourth-order valence-corrected chi connectivity index (χ4v) is 3.44. The van der Waals surface area contributed by atoms with Crippen molar-refractivity contribution in [3.63, 3.8) is 0 Å². The number of anilines is 1. The summed E-state index contributed by atoms with van der Waals surface area (Å²) in [5.41, 5.74) is 1.87. The van der Waals surface area contributed by atoms with E-state index in [1.165, 1.54) is 0 Å². The Hall–Kier alpha value is -2.38. The maximum Gasteiger partial charge on any atom is 0.320 e. The van der Waals surface area contributed by atoms with Crippen molar-refractivity contribution in [2.45, 2.75) is 26.2 Å². The number of ether oxygens (including phenoxy) is 1. The summed E-state index contributed by atoms with van der Waals surface area (Å²) < 4.78 is 6.93. The van der Waals surface area contributed by atoms with Crippen molar-refractivity contribution in [1.82, 2.24) is 20.0 Å². The van der Waals surface area contributed by atoms with Crippen LogP contribution in [0.1, 0.15) is 31.9 Å². The van der Waals surface area contributed by atoms with Crippen LogP contribution in [0, 0.1) is 5.92 Å². The zero-order valence-corrected chi connectivity index (χ0v) is 17.0. The normalized spacial score (nSPS) is 17.2. The van der Waals surface area contributed by atoms with Gasteiger partial charge >= 0.3 is 6.03 Å². The van der Waals surface area contributed by atoms with E-state index in [0.29, 0.717) is 18.3 Å². The van der Waals surface area contributed by atoms with E-state index >= 15 is 0 Å². The number of para-hydroxylation sites is 1. The first kappa shape index (κ1) is 20.4. The summed E-state index contributed by atoms with van der Waals surface area (Å²) in [5, 5.41) is 10.7. The Morgan fingerprint density at radius 1 is 1.32 bits per heavy atom. The van der Waals surface area contributed by atoms with Crippen molar-refractivity contribution in [2.24, 2.45) is 5.92 Å². The Balaban J connectivity index is 1.58. The Morgan fingerprint density at radius 2 is 2.11 bits per heavy atom. The minimum absolute atomic E-state index is 0.192. The van der Waals surface area contributed by atoms with Crippen LogP contribution in [0.25, 0.3) is 5.69 Å². The number of urea groups is 1. The van der Waals surface area contributed by atoms with Crippen LogP contribution in [0.5, 0.6) is 0 Å². The van der Waals surface area contributed by atoms with E-state index in [9.17, 15) is 4.79 Å². The number of carbonyl (C=O) groups excluding carboxylic acids is 1. The molecule has 3 rings (SSSR count). The quantitative estimate of drug-likeness (QED) is 0.733. The Kier molecular flexibility index (Phi) is 7.06. The minimum atomic E-state index is -0.192. The van der Waals surface area contributed by atoms with E-state index in [0.717, 1.165) is 44.0 Å². The lowest BCUT2D eigenvalue weighted by atomic mass is 10.1. The highest BCUT2D eigenvalue weighted by Gasteiger charge is 2.22. The molecule has 2 heterocycles. The molecular weight excluding hydrogens is 354 g/mol. The molecule has 0 unspecified atom stereocenters. The van der Waals surface area contributed by atoms with E-state index in [1.807, 2.05) is 36.4 Å².